The zero-order chi connectivity index (χ0) is 19.4. The monoisotopic (exact) mass is 374 g/mol. The van der Waals surface area contributed by atoms with Crippen molar-refractivity contribution in [3.63, 3.8) is 0 Å². The summed E-state index contributed by atoms with van der Waals surface area (Å²) in [7, 11) is 0. The number of hydrogen-bond acceptors (Lipinski definition) is 4. The fourth-order valence-electron chi connectivity index (χ4n) is 7.63. The smallest absolute Gasteiger partial charge is 0.139 e. The number of carbonyl (C=O) groups excluding carboxylic acids is 1. The van der Waals surface area contributed by atoms with Crippen LogP contribution in [0.5, 0.6) is 0 Å². The SMILES string of the molecule is CC(N)CON=C1CC[C@@]2(C)C(C1)[C@@H](C)C[C@@H]1[C@@H]2CC[C@]2(C)C(=O)CC[C@@H]12. The van der Waals surface area contributed by atoms with E-state index < -0.39 is 0 Å². The van der Waals surface area contributed by atoms with E-state index in [1.54, 1.807) is 0 Å². The Balaban J connectivity index is 1.53. The van der Waals surface area contributed by atoms with Crippen molar-refractivity contribution in [1.29, 1.82) is 0 Å². The number of oxime groups is 1. The molecule has 0 aromatic rings. The third-order valence-electron chi connectivity index (χ3n) is 9.11. The summed E-state index contributed by atoms with van der Waals surface area (Å²) in [6, 6.07) is 0.0308. The van der Waals surface area contributed by atoms with Crippen LogP contribution in [0.2, 0.25) is 0 Å². The number of carbonyl (C=O) groups is 1. The van der Waals surface area contributed by atoms with Crippen LogP contribution in [0.25, 0.3) is 0 Å². The molecule has 0 spiro atoms. The predicted molar refractivity (Wildman–Crippen MR) is 108 cm³/mol. The Bertz CT molecular complexity index is 630. The van der Waals surface area contributed by atoms with Gasteiger partial charge >= 0.3 is 0 Å². The maximum atomic E-state index is 12.6. The molecule has 4 aliphatic carbocycles. The van der Waals surface area contributed by atoms with Crippen molar-refractivity contribution in [3.8, 4) is 0 Å². The van der Waals surface area contributed by atoms with Crippen LogP contribution < -0.4 is 5.73 Å². The van der Waals surface area contributed by atoms with E-state index in [9.17, 15) is 4.79 Å². The summed E-state index contributed by atoms with van der Waals surface area (Å²) in [6.45, 7) is 9.74. The largest absolute Gasteiger partial charge is 0.394 e. The highest BCUT2D eigenvalue weighted by atomic mass is 16.6. The Morgan fingerprint density at radius 2 is 1.96 bits per heavy atom. The summed E-state index contributed by atoms with van der Waals surface area (Å²) in [4.78, 5) is 18.1. The van der Waals surface area contributed by atoms with Crippen molar-refractivity contribution in [3.05, 3.63) is 0 Å². The van der Waals surface area contributed by atoms with E-state index in [1.165, 1.54) is 25.0 Å². The minimum absolute atomic E-state index is 0.0157. The lowest BCUT2D eigenvalue weighted by Gasteiger charge is -2.61. The molecule has 0 bridgehead atoms. The summed E-state index contributed by atoms with van der Waals surface area (Å²) in [5.74, 6) is 4.12. The minimum Gasteiger partial charge on any atom is -0.394 e. The van der Waals surface area contributed by atoms with Crippen LogP contribution >= 0.6 is 0 Å². The van der Waals surface area contributed by atoms with E-state index in [0.717, 1.165) is 43.9 Å². The molecule has 2 N–H and O–H groups in total. The lowest BCUT2D eigenvalue weighted by Crippen LogP contribution is -2.56. The van der Waals surface area contributed by atoms with Crippen LogP contribution in [0, 0.1) is 40.4 Å². The van der Waals surface area contributed by atoms with Gasteiger partial charge < -0.3 is 10.6 Å². The average Bonchev–Trinajstić information content (AvgIpc) is 2.91. The highest BCUT2D eigenvalue weighted by Gasteiger charge is 2.61. The Morgan fingerprint density at radius 1 is 1.19 bits per heavy atom. The number of rotatable bonds is 3. The Kier molecular flexibility index (Phi) is 4.93. The first-order valence-corrected chi connectivity index (χ1v) is 11.2. The summed E-state index contributed by atoms with van der Waals surface area (Å²) < 4.78 is 0. The van der Waals surface area contributed by atoms with Crippen LogP contribution in [0.15, 0.2) is 5.16 Å². The van der Waals surface area contributed by atoms with Gasteiger partial charge in [0.2, 0.25) is 0 Å². The molecule has 4 aliphatic rings. The van der Waals surface area contributed by atoms with Gasteiger partial charge in [-0.15, -0.1) is 0 Å². The molecule has 0 aromatic carbocycles. The summed E-state index contributed by atoms with van der Waals surface area (Å²) >= 11 is 0. The molecule has 2 unspecified atom stereocenters. The maximum Gasteiger partial charge on any atom is 0.139 e. The first kappa shape index (κ1) is 19.4. The Hall–Kier alpha value is -0.900. The molecule has 0 saturated heterocycles. The maximum absolute atomic E-state index is 12.6. The molecule has 0 aliphatic heterocycles. The predicted octanol–water partition coefficient (Wildman–Crippen LogP) is 4.56. The van der Waals surface area contributed by atoms with Gasteiger partial charge in [-0.2, -0.15) is 0 Å². The highest BCUT2D eigenvalue weighted by molar-refractivity contribution is 5.87. The van der Waals surface area contributed by atoms with Gasteiger partial charge in [-0.1, -0.05) is 25.9 Å². The van der Waals surface area contributed by atoms with Gasteiger partial charge in [0.25, 0.3) is 0 Å². The topological polar surface area (TPSA) is 64.7 Å². The molecule has 0 heterocycles. The van der Waals surface area contributed by atoms with Gasteiger partial charge in [0.05, 0.1) is 5.71 Å². The highest BCUT2D eigenvalue weighted by Crippen LogP contribution is 2.66. The second-order valence-electron chi connectivity index (χ2n) is 10.8. The van der Waals surface area contributed by atoms with E-state index in [0.29, 0.717) is 35.6 Å². The van der Waals surface area contributed by atoms with Gasteiger partial charge in [-0.3, -0.25) is 4.79 Å². The third kappa shape index (κ3) is 3.07. The number of nitrogens with two attached hydrogens (primary N) is 1. The second kappa shape index (κ2) is 6.86. The Labute approximate surface area is 164 Å². The molecule has 27 heavy (non-hydrogen) atoms. The fraction of sp³-hybridized carbons (Fsp3) is 0.913. The molecule has 4 fully saturated rings. The lowest BCUT2D eigenvalue weighted by molar-refractivity contribution is -0.141. The molecular formula is C23H38N2O2. The van der Waals surface area contributed by atoms with Crippen molar-refractivity contribution in [2.24, 2.45) is 51.3 Å². The van der Waals surface area contributed by atoms with Crippen molar-refractivity contribution < 1.29 is 9.63 Å². The van der Waals surface area contributed by atoms with E-state index in [2.05, 4.69) is 25.9 Å². The number of Topliss-reactive ketones (excluding diaryl/α,β-unsaturated/α-hetero) is 1. The molecule has 0 aromatic heterocycles. The van der Waals surface area contributed by atoms with Gasteiger partial charge in [-0.05, 0) is 86.9 Å². The van der Waals surface area contributed by atoms with Crippen molar-refractivity contribution in [2.75, 3.05) is 6.61 Å². The number of hydrogen-bond donors (Lipinski definition) is 1. The molecule has 8 atom stereocenters. The summed E-state index contributed by atoms with van der Waals surface area (Å²) in [6.07, 6.45) is 8.99. The Morgan fingerprint density at radius 3 is 2.70 bits per heavy atom. The molecule has 4 heteroatoms. The second-order valence-corrected chi connectivity index (χ2v) is 10.8. The van der Waals surface area contributed by atoms with E-state index >= 15 is 0 Å². The molecule has 4 rings (SSSR count). The van der Waals surface area contributed by atoms with Crippen LogP contribution in [0.1, 0.15) is 79.1 Å². The number of nitrogens with zero attached hydrogens (tertiary/aromatic N) is 1. The quantitative estimate of drug-likeness (QED) is 0.736. The molecule has 152 valence electrons. The molecule has 4 nitrogen and oxygen atoms in total. The lowest BCUT2D eigenvalue weighted by atomic mass is 9.43. The molecule has 0 amide bonds. The van der Waals surface area contributed by atoms with Gasteiger partial charge in [0.1, 0.15) is 12.4 Å². The van der Waals surface area contributed by atoms with Crippen LogP contribution in [-0.2, 0) is 9.63 Å². The molecular weight excluding hydrogens is 336 g/mol. The molecule has 4 saturated carbocycles. The first-order valence-electron chi connectivity index (χ1n) is 11.2. The number of ketones is 1. The first-order chi connectivity index (χ1) is 12.8. The zero-order valence-corrected chi connectivity index (χ0v) is 17.7. The summed E-state index contributed by atoms with van der Waals surface area (Å²) in [5, 5.41) is 4.45. The third-order valence-corrected chi connectivity index (χ3v) is 9.11. The van der Waals surface area contributed by atoms with Gasteiger partial charge in [0, 0.05) is 17.9 Å². The normalized spacial score (nSPS) is 49.3. The van der Waals surface area contributed by atoms with Crippen LogP contribution in [-0.4, -0.2) is 24.1 Å². The van der Waals surface area contributed by atoms with Crippen molar-refractivity contribution in [2.45, 2.75) is 85.1 Å². The standard InChI is InChI=1S/C23H38N2O2/c1-14-11-17-18-5-6-21(26)23(18,4)10-8-19(17)22(3)9-7-16(12-20(14)22)25-27-13-15(2)24/h14-15,17-20H,5-13,24H2,1-4H3/t14-,15?,17-,18-,19-,20?,22+,23-/m0/s1. The average molecular weight is 375 g/mol. The van der Waals surface area contributed by atoms with Crippen molar-refractivity contribution >= 4 is 11.5 Å². The van der Waals surface area contributed by atoms with E-state index in [-0.39, 0.29) is 11.5 Å². The van der Waals surface area contributed by atoms with Crippen LogP contribution in [0.4, 0.5) is 0 Å². The van der Waals surface area contributed by atoms with E-state index in [4.69, 9.17) is 10.6 Å². The van der Waals surface area contributed by atoms with Crippen molar-refractivity contribution in [1.82, 2.24) is 0 Å². The zero-order valence-electron chi connectivity index (χ0n) is 17.7. The fourth-order valence-corrected chi connectivity index (χ4v) is 7.63. The van der Waals surface area contributed by atoms with E-state index in [1.807, 2.05) is 6.92 Å². The van der Waals surface area contributed by atoms with Crippen LogP contribution in [0.3, 0.4) is 0 Å². The van der Waals surface area contributed by atoms with Gasteiger partial charge in [0.15, 0.2) is 0 Å². The molecule has 0 radical (unpaired) electrons. The van der Waals surface area contributed by atoms with Gasteiger partial charge in [-0.25, -0.2) is 0 Å². The summed E-state index contributed by atoms with van der Waals surface area (Å²) in [5.41, 5.74) is 7.39. The number of fused-ring (bicyclic) bond motifs is 5. The minimum atomic E-state index is -0.0157.